The van der Waals surface area contributed by atoms with Gasteiger partial charge in [0.15, 0.2) is 0 Å². The summed E-state index contributed by atoms with van der Waals surface area (Å²) in [5.41, 5.74) is 1.84. The van der Waals surface area contributed by atoms with Crippen LogP contribution in [-0.4, -0.2) is 48.7 Å². The summed E-state index contributed by atoms with van der Waals surface area (Å²) in [4.78, 5) is 16.4. The molecule has 142 valence electrons. The fourth-order valence-electron chi connectivity index (χ4n) is 3.70. The third-order valence-corrected chi connectivity index (χ3v) is 6.07. The highest BCUT2D eigenvalue weighted by Crippen LogP contribution is 2.27. The van der Waals surface area contributed by atoms with Crippen LogP contribution in [0.3, 0.4) is 0 Å². The summed E-state index contributed by atoms with van der Waals surface area (Å²) in [6.45, 7) is 4.57. The van der Waals surface area contributed by atoms with Gasteiger partial charge in [0.1, 0.15) is 16.3 Å². The molecule has 0 bridgehead atoms. The van der Waals surface area contributed by atoms with Crippen LogP contribution in [0.15, 0.2) is 41.8 Å². The number of methoxy groups -OCH3 is 1. The smallest absolute Gasteiger partial charge is 0.268 e. The molecule has 0 atom stereocenters. The van der Waals surface area contributed by atoms with E-state index in [4.69, 9.17) is 4.74 Å². The zero-order chi connectivity index (χ0) is 18.6. The predicted octanol–water partition coefficient (Wildman–Crippen LogP) is 3.59. The number of carbonyl (C=O) groups is 1. The Morgan fingerprint density at radius 3 is 2.89 bits per heavy atom. The van der Waals surface area contributed by atoms with Gasteiger partial charge in [-0.2, -0.15) is 0 Å². The minimum absolute atomic E-state index is 0.000457. The molecule has 1 amide bonds. The SMILES string of the molecule is COc1cccc(Cn2c(C(=O)NCCN3CCCC3)cc3ccsc32)c1. The second-order valence-corrected chi connectivity index (χ2v) is 7.85. The second kappa shape index (κ2) is 8.15. The van der Waals surface area contributed by atoms with Gasteiger partial charge in [-0.3, -0.25) is 4.79 Å². The molecule has 1 aliphatic rings. The van der Waals surface area contributed by atoms with Gasteiger partial charge in [0.2, 0.25) is 0 Å². The van der Waals surface area contributed by atoms with Gasteiger partial charge in [-0.1, -0.05) is 12.1 Å². The first-order valence-corrected chi connectivity index (χ1v) is 10.3. The summed E-state index contributed by atoms with van der Waals surface area (Å²) in [6.07, 6.45) is 2.54. The van der Waals surface area contributed by atoms with E-state index in [-0.39, 0.29) is 5.91 Å². The Morgan fingerprint density at radius 2 is 2.07 bits per heavy atom. The second-order valence-electron chi connectivity index (χ2n) is 6.95. The molecule has 6 heteroatoms. The number of benzene rings is 1. The zero-order valence-corrected chi connectivity index (χ0v) is 16.4. The lowest BCUT2D eigenvalue weighted by molar-refractivity contribution is 0.0941. The Labute approximate surface area is 163 Å². The largest absolute Gasteiger partial charge is 0.497 e. The van der Waals surface area contributed by atoms with E-state index in [1.165, 1.54) is 12.8 Å². The minimum Gasteiger partial charge on any atom is -0.497 e. The highest BCUT2D eigenvalue weighted by molar-refractivity contribution is 7.16. The van der Waals surface area contributed by atoms with E-state index in [9.17, 15) is 4.79 Å². The molecule has 1 N–H and O–H groups in total. The van der Waals surface area contributed by atoms with Crippen molar-refractivity contribution in [2.45, 2.75) is 19.4 Å². The number of likely N-dealkylation sites (tertiary alicyclic amines) is 1. The Morgan fingerprint density at radius 1 is 1.22 bits per heavy atom. The number of nitrogens with one attached hydrogen (secondary N) is 1. The summed E-state index contributed by atoms with van der Waals surface area (Å²) in [7, 11) is 1.67. The molecular formula is C21H25N3O2S. The molecule has 3 aromatic rings. The van der Waals surface area contributed by atoms with Crippen LogP contribution in [0, 0.1) is 0 Å². The first-order chi connectivity index (χ1) is 13.2. The molecule has 5 nitrogen and oxygen atoms in total. The van der Waals surface area contributed by atoms with Crippen molar-refractivity contribution in [3.63, 3.8) is 0 Å². The van der Waals surface area contributed by atoms with Gasteiger partial charge in [0, 0.05) is 25.0 Å². The van der Waals surface area contributed by atoms with Crippen LogP contribution in [-0.2, 0) is 6.54 Å². The van der Waals surface area contributed by atoms with E-state index in [0.29, 0.717) is 13.1 Å². The number of fused-ring (bicyclic) bond motifs is 1. The van der Waals surface area contributed by atoms with Crippen LogP contribution in [0.5, 0.6) is 5.75 Å². The molecule has 1 aromatic carbocycles. The van der Waals surface area contributed by atoms with E-state index in [1.54, 1.807) is 18.4 Å². The van der Waals surface area contributed by atoms with E-state index in [1.807, 2.05) is 24.3 Å². The fourth-order valence-corrected chi connectivity index (χ4v) is 4.59. The maximum absolute atomic E-state index is 12.8. The molecule has 1 saturated heterocycles. The molecule has 0 unspecified atom stereocenters. The van der Waals surface area contributed by atoms with Crippen molar-refractivity contribution in [2.75, 3.05) is 33.3 Å². The lowest BCUT2D eigenvalue weighted by Gasteiger charge is -2.15. The number of thiophene rings is 1. The summed E-state index contributed by atoms with van der Waals surface area (Å²) in [5.74, 6) is 0.833. The molecule has 0 saturated carbocycles. The van der Waals surface area contributed by atoms with Crippen LogP contribution in [0.25, 0.3) is 10.2 Å². The van der Waals surface area contributed by atoms with Crippen molar-refractivity contribution < 1.29 is 9.53 Å². The van der Waals surface area contributed by atoms with Crippen LogP contribution < -0.4 is 10.1 Å². The molecule has 1 fully saturated rings. The topological polar surface area (TPSA) is 46.5 Å². The predicted molar refractivity (Wildman–Crippen MR) is 110 cm³/mol. The average molecular weight is 384 g/mol. The van der Waals surface area contributed by atoms with Crippen LogP contribution in [0.4, 0.5) is 0 Å². The van der Waals surface area contributed by atoms with Crippen molar-refractivity contribution in [2.24, 2.45) is 0 Å². The number of carbonyl (C=O) groups excluding carboxylic acids is 1. The first-order valence-electron chi connectivity index (χ1n) is 9.45. The lowest BCUT2D eigenvalue weighted by atomic mass is 10.2. The van der Waals surface area contributed by atoms with E-state index in [0.717, 1.165) is 46.9 Å². The molecule has 0 radical (unpaired) electrons. The first kappa shape index (κ1) is 18.1. The molecule has 3 heterocycles. The molecule has 0 spiro atoms. The number of amides is 1. The van der Waals surface area contributed by atoms with Gasteiger partial charge >= 0.3 is 0 Å². The monoisotopic (exact) mass is 383 g/mol. The Kier molecular flexibility index (Phi) is 5.45. The zero-order valence-electron chi connectivity index (χ0n) is 15.6. The maximum atomic E-state index is 12.8. The van der Waals surface area contributed by atoms with Crippen LogP contribution >= 0.6 is 11.3 Å². The van der Waals surface area contributed by atoms with E-state index < -0.39 is 0 Å². The van der Waals surface area contributed by atoms with Crippen molar-refractivity contribution >= 4 is 27.5 Å². The molecular weight excluding hydrogens is 358 g/mol. The van der Waals surface area contributed by atoms with E-state index in [2.05, 4.69) is 32.3 Å². The minimum atomic E-state index is 0.000457. The Hall–Kier alpha value is -2.31. The number of aromatic nitrogens is 1. The number of nitrogens with zero attached hydrogens (tertiary/aromatic N) is 2. The van der Waals surface area contributed by atoms with Gasteiger partial charge in [-0.05, 0) is 61.1 Å². The molecule has 0 aliphatic carbocycles. The average Bonchev–Trinajstić information content (AvgIpc) is 3.41. The third-order valence-electron chi connectivity index (χ3n) is 5.12. The van der Waals surface area contributed by atoms with Gasteiger partial charge in [-0.25, -0.2) is 0 Å². The highest BCUT2D eigenvalue weighted by Gasteiger charge is 2.17. The van der Waals surface area contributed by atoms with Crippen molar-refractivity contribution in [3.8, 4) is 5.75 Å². The number of rotatable bonds is 7. The van der Waals surface area contributed by atoms with Gasteiger partial charge in [0.05, 0.1) is 7.11 Å². The Bertz CT molecular complexity index is 925. The molecule has 2 aromatic heterocycles. The summed E-state index contributed by atoms with van der Waals surface area (Å²) in [5, 5.41) is 6.29. The quantitative estimate of drug-likeness (QED) is 0.678. The number of hydrogen-bond acceptors (Lipinski definition) is 4. The normalized spacial score (nSPS) is 14.7. The van der Waals surface area contributed by atoms with Gasteiger partial charge in [-0.15, -0.1) is 11.3 Å². The van der Waals surface area contributed by atoms with Crippen molar-refractivity contribution in [3.05, 3.63) is 53.0 Å². The van der Waals surface area contributed by atoms with Crippen LogP contribution in [0.2, 0.25) is 0 Å². The number of ether oxygens (including phenoxy) is 1. The summed E-state index contributed by atoms with van der Waals surface area (Å²) < 4.78 is 7.45. The van der Waals surface area contributed by atoms with Crippen LogP contribution in [0.1, 0.15) is 28.9 Å². The fraction of sp³-hybridized carbons (Fsp3) is 0.381. The van der Waals surface area contributed by atoms with Crippen molar-refractivity contribution in [1.82, 2.24) is 14.8 Å². The third kappa shape index (κ3) is 4.01. The summed E-state index contributed by atoms with van der Waals surface area (Å²) in [6, 6.07) is 12.1. The molecule has 1 aliphatic heterocycles. The lowest BCUT2D eigenvalue weighted by Crippen LogP contribution is -2.34. The van der Waals surface area contributed by atoms with Gasteiger partial charge in [0.25, 0.3) is 5.91 Å². The van der Waals surface area contributed by atoms with E-state index >= 15 is 0 Å². The molecule has 27 heavy (non-hydrogen) atoms. The Balaban J connectivity index is 1.52. The maximum Gasteiger partial charge on any atom is 0.268 e. The summed E-state index contributed by atoms with van der Waals surface area (Å²) >= 11 is 1.67. The standard InChI is InChI=1S/C21H25N3O2S/c1-26-18-6-4-5-16(13-18)15-24-19(14-17-7-12-27-21(17)24)20(25)22-8-11-23-9-2-3-10-23/h4-7,12-14H,2-3,8-11,15H2,1H3,(H,22,25). The number of hydrogen-bond donors (Lipinski definition) is 1. The molecule has 4 rings (SSSR count). The van der Waals surface area contributed by atoms with Gasteiger partial charge < -0.3 is 19.5 Å². The highest BCUT2D eigenvalue weighted by atomic mass is 32.1. The van der Waals surface area contributed by atoms with Crippen molar-refractivity contribution in [1.29, 1.82) is 0 Å².